The SMILES string of the molecule is Cc1nc(NC(=O)[C@H]2CC(=O)N(C)[C@H]2c2ccccc2)sc1C. The van der Waals surface area contributed by atoms with Gasteiger partial charge in [-0.05, 0) is 19.4 Å². The molecule has 5 nitrogen and oxygen atoms in total. The summed E-state index contributed by atoms with van der Waals surface area (Å²) in [4.78, 5) is 31.9. The standard InChI is InChI=1S/C17H19N3O2S/c1-10-11(2)23-17(18-10)19-16(22)13-9-14(21)20(3)15(13)12-7-5-4-6-8-12/h4-8,13,15H,9H2,1-3H3,(H,18,19,22)/t13-,15-/m0/s1. The van der Waals surface area contributed by atoms with E-state index in [1.165, 1.54) is 11.3 Å². The lowest BCUT2D eigenvalue weighted by Gasteiger charge is -2.24. The van der Waals surface area contributed by atoms with Crippen molar-refractivity contribution in [1.29, 1.82) is 0 Å². The lowest BCUT2D eigenvalue weighted by Crippen LogP contribution is -2.29. The van der Waals surface area contributed by atoms with Crippen molar-refractivity contribution in [3.05, 3.63) is 46.5 Å². The number of thiazole rings is 1. The highest BCUT2D eigenvalue weighted by Gasteiger charge is 2.42. The molecule has 0 radical (unpaired) electrons. The monoisotopic (exact) mass is 329 g/mol. The number of aryl methyl sites for hydroxylation is 2. The van der Waals surface area contributed by atoms with Gasteiger partial charge >= 0.3 is 0 Å². The molecule has 23 heavy (non-hydrogen) atoms. The van der Waals surface area contributed by atoms with Crippen LogP contribution in [0.2, 0.25) is 0 Å². The van der Waals surface area contributed by atoms with E-state index in [1.54, 1.807) is 11.9 Å². The van der Waals surface area contributed by atoms with Gasteiger partial charge in [0, 0.05) is 18.3 Å². The molecule has 2 heterocycles. The summed E-state index contributed by atoms with van der Waals surface area (Å²) < 4.78 is 0. The van der Waals surface area contributed by atoms with Crippen LogP contribution in [0.3, 0.4) is 0 Å². The average Bonchev–Trinajstić information content (AvgIpc) is 3.00. The summed E-state index contributed by atoms with van der Waals surface area (Å²) in [5.41, 5.74) is 1.90. The number of aromatic nitrogens is 1. The van der Waals surface area contributed by atoms with Crippen LogP contribution in [0, 0.1) is 19.8 Å². The van der Waals surface area contributed by atoms with E-state index in [0.717, 1.165) is 16.1 Å². The Morgan fingerprint density at radius 2 is 2.00 bits per heavy atom. The van der Waals surface area contributed by atoms with Gasteiger partial charge in [0.2, 0.25) is 11.8 Å². The zero-order chi connectivity index (χ0) is 16.6. The van der Waals surface area contributed by atoms with Crippen LogP contribution >= 0.6 is 11.3 Å². The molecule has 1 fully saturated rings. The first-order valence-electron chi connectivity index (χ1n) is 7.53. The Morgan fingerprint density at radius 1 is 1.30 bits per heavy atom. The van der Waals surface area contributed by atoms with Crippen LogP contribution in [-0.4, -0.2) is 28.7 Å². The number of anilines is 1. The van der Waals surface area contributed by atoms with Gasteiger partial charge in [-0.2, -0.15) is 0 Å². The lowest BCUT2D eigenvalue weighted by atomic mass is 9.93. The summed E-state index contributed by atoms with van der Waals surface area (Å²) in [5.74, 6) is -0.560. The maximum absolute atomic E-state index is 12.7. The van der Waals surface area contributed by atoms with Crippen LogP contribution in [0.25, 0.3) is 0 Å². The van der Waals surface area contributed by atoms with E-state index >= 15 is 0 Å². The van der Waals surface area contributed by atoms with E-state index in [2.05, 4.69) is 10.3 Å². The first-order valence-corrected chi connectivity index (χ1v) is 8.34. The highest BCUT2D eigenvalue weighted by Crippen LogP contribution is 2.37. The van der Waals surface area contributed by atoms with Crippen LogP contribution in [0.5, 0.6) is 0 Å². The Labute approximate surface area is 139 Å². The molecule has 2 aromatic rings. The lowest BCUT2D eigenvalue weighted by molar-refractivity contribution is -0.127. The van der Waals surface area contributed by atoms with Gasteiger partial charge in [0.15, 0.2) is 5.13 Å². The van der Waals surface area contributed by atoms with E-state index in [9.17, 15) is 9.59 Å². The summed E-state index contributed by atoms with van der Waals surface area (Å²) in [7, 11) is 1.75. The van der Waals surface area contributed by atoms with Gasteiger partial charge in [-0.3, -0.25) is 9.59 Å². The Hall–Kier alpha value is -2.21. The molecule has 1 saturated heterocycles. The fraction of sp³-hybridized carbons (Fsp3) is 0.353. The molecule has 2 amide bonds. The summed E-state index contributed by atoms with van der Waals surface area (Å²) >= 11 is 1.46. The van der Waals surface area contributed by atoms with Crippen LogP contribution in [0.15, 0.2) is 30.3 Å². The molecule has 1 aromatic carbocycles. The maximum Gasteiger partial charge on any atom is 0.232 e. The molecular formula is C17H19N3O2S. The number of benzene rings is 1. The normalized spacial score (nSPS) is 20.8. The van der Waals surface area contributed by atoms with Gasteiger partial charge in [-0.25, -0.2) is 4.98 Å². The first-order chi connectivity index (χ1) is 11.0. The van der Waals surface area contributed by atoms with Gasteiger partial charge in [0.1, 0.15) is 0 Å². The topological polar surface area (TPSA) is 62.3 Å². The molecule has 1 aromatic heterocycles. The fourth-order valence-electron chi connectivity index (χ4n) is 2.94. The number of carbonyl (C=O) groups excluding carboxylic acids is 2. The molecule has 120 valence electrons. The minimum atomic E-state index is -0.403. The third kappa shape index (κ3) is 2.99. The Balaban J connectivity index is 1.84. The smallest absolute Gasteiger partial charge is 0.232 e. The van der Waals surface area contributed by atoms with Crippen LogP contribution in [-0.2, 0) is 9.59 Å². The molecule has 6 heteroatoms. The third-order valence-electron chi connectivity index (χ3n) is 4.32. The van der Waals surface area contributed by atoms with Crippen molar-refractivity contribution in [2.24, 2.45) is 5.92 Å². The van der Waals surface area contributed by atoms with E-state index in [1.807, 2.05) is 44.2 Å². The van der Waals surface area contributed by atoms with Crippen molar-refractivity contribution in [2.75, 3.05) is 12.4 Å². The largest absolute Gasteiger partial charge is 0.338 e. The van der Waals surface area contributed by atoms with Crippen molar-refractivity contribution < 1.29 is 9.59 Å². The minimum absolute atomic E-state index is 0.00879. The number of amides is 2. The first kappa shape index (κ1) is 15.7. The summed E-state index contributed by atoms with van der Waals surface area (Å²) in [6.07, 6.45) is 0.227. The van der Waals surface area contributed by atoms with Gasteiger partial charge in [-0.15, -0.1) is 11.3 Å². The number of nitrogens with one attached hydrogen (secondary N) is 1. The Bertz CT molecular complexity index is 722. The number of nitrogens with zero attached hydrogens (tertiary/aromatic N) is 2. The van der Waals surface area contributed by atoms with Crippen molar-refractivity contribution in [2.45, 2.75) is 26.3 Å². The van der Waals surface area contributed by atoms with Gasteiger partial charge in [-0.1, -0.05) is 30.3 Å². The average molecular weight is 329 g/mol. The number of carbonyl (C=O) groups is 2. The zero-order valence-electron chi connectivity index (χ0n) is 13.4. The second-order valence-corrected chi connectivity index (χ2v) is 7.02. The molecule has 0 spiro atoms. The van der Waals surface area contributed by atoms with Crippen LogP contribution < -0.4 is 5.32 Å². The summed E-state index contributed by atoms with van der Waals surface area (Å²) in [5, 5.41) is 3.47. The molecule has 3 rings (SSSR count). The minimum Gasteiger partial charge on any atom is -0.338 e. The Morgan fingerprint density at radius 3 is 2.61 bits per heavy atom. The van der Waals surface area contributed by atoms with Gasteiger partial charge < -0.3 is 10.2 Å². The maximum atomic E-state index is 12.7. The predicted octanol–water partition coefficient (Wildman–Crippen LogP) is 2.92. The van der Waals surface area contributed by atoms with Crippen LogP contribution in [0.4, 0.5) is 5.13 Å². The highest BCUT2D eigenvalue weighted by atomic mass is 32.1. The van der Waals surface area contributed by atoms with Gasteiger partial charge in [0.05, 0.1) is 17.7 Å². The number of hydrogen-bond acceptors (Lipinski definition) is 4. The van der Waals surface area contributed by atoms with E-state index < -0.39 is 5.92 Å². The molecular weight excluding hydrogens is 310 g/mol. The zero-order valence-corrected chi connectivity index (χ0v) is 14.2. The van der Waals surface area contributed by atoms with Crippen LogP contribution in [0.1, 0.15) is 28.6 Å². The quantitative estimate of drug-likeness (QED) is 0.942. The molecule has 0 saturated carbocycles. The molecule has 0 unspecified atom stereocenters. The molecule has 0 aliphatic carbocycles. The molecule has 1 N–H and O–H groups in total. The molecule has 1 aliphatic heterocycles. The number of likely N-dealkylation sites (tertiary alicyclic amines) is 1. The van der Waals surface area contributed by atoms with Crippen molar-refractivity contribution in [1.82, 2.24) is 9.88 Å². The number of rotatable bonds is 3. The summed E-state index contributed by atoms with van der Waals surface area (Å²) in [6, 6.07) is 9.46. The number of hydrogen-bond donors (Lipinski definition) is 1. The van der Waals surface area contributed by atoms with Gasteiger partial charge in [0.25, 0.3) is 0 Å². The molecule has 0 bridgehead atoms. The second kappa shape index (κ2) is 6.12. The Kier molecular flexibility index (Phi) is 4.17. The fourth-order valence-corrected chi connectivity index (χ4v) is 3.75. The third-order valence-corrected chi connectivity index (χ3v) is 5.31. The summed E-state index contributed by atoms with van der Waals surface area (Å²) in [6.45, 7) is 3.89. The van der Waals surface area contributed by atoms with Crippen molar-refractivity contribution in [3.63, 3.8) is 0 Å². The molecule has 1 aliphatic rings. The molecule has 2 atom stereocenters. The van der Waals surface area contributed by atoms with E-state index in [-0.39, 0.29) is 24.3 Å². The van der Waals surface area contributed by atoms with E-state index in [4.69, 9.17) is 0 Å². The predicted molar refractivity (Wildman–Crippen MR) is 90.3 cm³/mol. The van der Waals surface area contributed by atoms with Crippen molar-refractivity contribution >= 4 is 28.3 Å². The van der Waals surface area contributed by atoms with Crippen molar-refractivity contribution in [3.8, 4) is 0 Å². The second-order valence-electron chi connectivity index (χ2n) is 5.82. The van der Waals surface area contributed by atoms with E-state index in [0.29, 0.717) is 5.13 Å². The highest BCUT2D eigenvalue weighted by molar-refractivity contribution is 7.15.